The van der Waals surface area contributed by atoms with Crippen LogP contribution in [-0.2, 0) is 9.84 Å². The van der Waals surface area contributed by atoms with Gasteiger partial charge in [0.15, 0.2) is 0 Å². The first-order valence-corrected chi connectivity index (χ1v) is 9.63. The van der Waals surface area contributed by atoms with Gasteiger partial charge in [-0.3, -0.25) is 5.10 Å². The maximum atomic E-state index is 12.2. The Balaban J connectivity index is 1.75. The molecule has 0 radical (unpaired) electrons. The number of piperidine rings is 1. The lowest BCUT2D eigenvalue weighted by Gasteiger charge is -2.32. The molecule has 7 nitrogen and oxygen atoms in total. The fourth-order valence-electron chi connectivity index (χ4n) is 2.65. The molecule has 1 saturated heterocycles. The third-order valence-electron chi connectivity index (χ3n) is 4.04. The van der Waals surface area contributed by atoms with Gasteiger partial charge in [-0.2, -0.15) is 5.10 Å². The molecular formula is C14H24N4O3S. The van der Waals surface area contributed by atoms with Gasteiger partial charge < -0.3 is 10.2 Å². The van der Waals surface area contributed by atoms with Gasteiger partial charge in [-0.25, -0.2) is 13.2 Å². The van der Waals surface area contributed by atoms with Crippen molar-refractivity contribution < 1.29 is 13.2 Å². The van der Waals surface area contributed by atoms with Crippen LogP contribution in [0, 0.1) is 0 Å². The van der Waals surface area contributed by atoms with Crippen molar-refractivity contribution in [1.82, 2.24) is 20.4 Å². The molecule has 1 atom stereocenters. The maximum Gasteiger partial charge on any atom is 0.317 e. The van der Waals surface area contributed by atoms with Crippen LogP contribution in [0.4, 0.5) is 4.79 Å². The second-order valence-corrected chi connectivity index (χ2v) is 8.30. The lowest BCUT2D eigenvalue weighted by Crippen LogP contribution is -2.47. The van der Waals surface area contributed by atoms with Crippen LogP contribution in [-0.4, -0.2) is 60.7 Å². The largest absolute Gasteiger partial charge is 0.336 e. The van der Waals surface area contributed by atoms with E-state index in [1.54, 1.807) is 11.1 Å². The standard InChI is InChI=1S/C14H24N4O3S/c1-11(6-10-22(2,20)21)16-14(19)18-8-4-12(5-9-18)13-3-7-15-17-13/h3,7,11-12H,4-6,8-10H2,1-2H3,(H,15,17)(H,16,19)/t11-/m0/s1. The van der Waals surface area contributed by atoms with Crippen molar-refractivity contribution in [1.29, 1.82) is 0 Å². The Morgan fingerprint density at radius 3 is 2.73 bits per heavy atom. The fourth-order valence-corrected chi connectivity index (χ4v) is 3.43. The minimum atomic E-state index is -2.99. The van der Waals surface area contributed by atoms with Gasteiger partial charge in [0.1, 0.15) is 9.84 Å². The van der Waals surface area contributed by atoms with E-state index in [0.29, 0.717) is 25.4 Å². The molecule has 0 aromatic carbocycles. The maximum absolute atomic E-state index is 12.2. The smallest absolute Gasteiger partial charge is 0.317 e. The average molecular weight is 328 g/mol. The minimum absolute atomic E-state index is 0.0936. The molecule has 0 unspecified atom stereocenters. The first-order chi connectivity index (χ1) is 10.3. The predicted molar refractivity (Wildman–Crippen MR) is 84.5 cm³/mol. The lowest BCUT2D eigenvalue weighted by molar-refractivity contribution is 0.177. The van der Waals surface area contributed by atoms with E-state index in [2.05, 4.69) is 15.5 Å². The van der Waals surface area contributed by atoms with Gasteiger partial charge in [-0.05, 0) is 32.3 Å². The zero-order chi connectivity index (χ0) is 16.2. The molecule has 2 rings (SSSR count). The number of sulfone groups is 1. The number of nitrogens with zero attached hydrogens (tertiary/aromatic N) is 2. The first-order valence-electron chi connectivity index (χ1n) is 7.57. The number of carbonyl (C=O) groups is 1. The number of nitrogens with one attached hydrogen (secondary N) is 2. The Morgan fingerprint density at radius 2 is 2.18 bits per heavy atom. The number of rotatable bonds is 5. The van der Waals surface area contributed by atoms with Crippen molar-refractivity contribution in [2.45, 2.75) is 38.1 Å². The summed E-state index contributed by atoms with van der Waals surface area (Å²) in [6.07, 6.45) is 5.22. The summed E-state index contributed by atoms with van der Waals surface area (Å²) in [6.45, 7) is 3.24. The van der Waals surface area contributed by atoms with Crippen molar-refractivity contribution in [3.63, 3.8) is 0 Å². The number of hydrogen-bond acceptors (Lipinski definition) is 4. The molecule has 1 aliphatic heterocycles. The van der Waals surface area contributed by atoms with Crippen molar-refractivity contribution in [3.8, 4) is 0 Å². The predicted octanol–water partition coefficient (Wildman–Crippen LogP) is 1.12. The zero-order valence-electron chi connectivity index (χ0n) is 13.1. The second kappa shape index (κ2) is 7.13. The van der Waals surface area contributed by atoms with Crippen LogP contribution in [0.15, 0.2) is 12.3 Å². The highest BCUT2D eigenvalue weighted by atomic mass is 32.2. The monoisotopic (exact) mass is 328 g/mol. The molecule has 2 N–H and O–H groups in total. The van der Waals surface area contributed by atoms with Gasteiger partial charge in [0.05, 0.1) is 5.75 Å². The Hall–Kier alpha value is -1.57. The van der Waals surface area contributed by atoms with E-state index in [-0.39, 0.29) is 17.8 Å². The normalized spacial score (nSPS) is 18.2. The third kappa shape index (κ3) is 5.01. The molecule has 124 valence electrons. The Kier molecular flexibility index (Phi) is 5.44. The van der Waals surface area contributed by atoms with E-state index in [1.165, 1.54) is 6.26 Å². The van der Waals surface area contributed by atoms with Gasteiger partial charge in [0.2, 0.25) is 0 Å². The number of amides is 2. The molecule has 1 aliphatic rings. The second-order valence-electron chi connectivity index (χ2n) is 6.04. The molecule has 0 aliphatic carbocycles. The van der Waals surface area contributed by atoms with E-state index in [1.807, 2.05) is 13.0 Å². The van der Waals surface area contributed by atoms with Gasteiger partial charge in [-0.1, -0.05) is 0 Å². The minimum Gasteiger partial charge on any atom is -0.336 e. The summed E-state index contributed by atoms with van der Waals surface area (Å²) >= 11 is 0. The first kappa shape index (κ1) is 16.8. The molecule has 22 heavy (non-hydrogen) atoms. The zero-order valence-corrected chi connectivity index (χ0v) is 13.9. The van der Waals surface area contributed by atoms with Crippen LogP contribution in [0.5, 0.6) is 0 Å². The van der Waals surface area contributed by atoms with Crippen LogP contribution in [0.25, 0.3) is 0 Å². The molecule has 1 fully saturated rings. The number of carbonyl (C=O) groups excluding carboxylic acids is 1. The van der Waals surface area contributed by atoms with Crippen LogP contribution < -0.4 is 5.32 Å². The summed E-state index contributed by atoms with van der Waals surface area (Å²) in [5.41, 5.74) is 1.13. The molecule has 1 aromatic rings. The summed E-state index contributed by atoms with van der Waals surface area (Å²) in [5.74, 6) is 0.519. The number of aromatic amines is 1. The van der Waals surface area contributed by atoms with E-state index in [9.17, 15) is 13.2 Å². The molecule has 0 spiro atoms. The number of likely N-dealkylation sites (tertiary alicyclic amines) is 1. The van der Waals surface area contributed by atoms with Crippen molar-refractivity contribution in [3.05, 3.63) is 18.0 Å². The number of urea groups is 1. The topological polar surface area (TPSA) is 95.2 Å². The summed E-state index contributed by atoms with van der Waals surface area (Å²) < 4.78 is 22.3. The third-order valence-corrected chi connectivity index (χ3v) is 5.01. The Labute approximate surface area is 131 Å². The molecule has 2 heterocycles. The van der Waals surface area contributed by atoms with E-state index in [0.717, 1.165) is 18.5 Å². The SMILES string of the molecule is C[C@@H](CCS(C)(=O)=O)NC(=O)N1CCC(c2ccn[nH]2)CC1. The number of H-pyrrole nitrogens is 1. The molecule has 0 saturated carbocycles. The van der Waals surface area contributed by atoms with Crippen LogP contribution in [0.2, 0.25) is 0 Å². The van der Waals surface area contributed by atoms with Gasteiger partial charge in [0.25, 0.3) is 0 Å². The van der Waals surface area contributed by atoms with Gasteiger partial charge in [0, 0.05) is 43.2 Å². The van der Waals surface area contributed by atoms with Crippen LogP contribution >= 0.6 is 0 Å². The Bertz CT molecular complexity index is 577. The lowest BCUT2D eigenvalue weighted by atomic mass is 9.94. The molecule has 0 bridgehead atoms. The average Bonchev–Trinajstić information content (AvgIpc) is 2.99. The molecule has 2 amide bonds. The van der Waals surface area contributed by atoms with Crippen LogP contribution in [0.1, 0.15) is 37.8 Å². The van der Waals surface area contributed by atoms with E-state index < -0.39 is 9.84 Å². The highest BCUT2D eigenvalue weighted by Gasteiger charge is 2.25. The van der Waals surface area contributed by atoms with E-state index >= 15 is 0 Å². The van der Waals surface area contributed by atoms with Gasteiger partial charge in [-0.15, -0.1) is 0 Å². The Morgan fingerprint density at radius 1 is 1.50 bits per heavy atom. The van der Waals surface area contributed by atoms with E-state index in [4.69, 9.17) is 0 Å². The molecule has 8 heteroatoms. The fraction of sp³-hybridized carbons (Fsp3) is 0.714. The summed E-state index contributed by atoms with van der Waals surface area (Å²) in [7, 11) is -2.99. The molecular weight excluding hydrogens is 304 g/mol. The number of hydrogen-bond donors (Lipinski definition) is 2. The highest BCUT2D eigenvalue weighted by Crippen LogP contribution is 2.26. The van der Waals surface area contributed by atoms with Crippen molar-refractivity contribution in [2.75, 3.05) is 25.1 Å². The highest BCUT2D eigenvalue weighted by molar-refractivity contribution is 7.90. The summed E-state index contributed by atoms with van der Waals surface area (Å²) in [4.78, 5) is 14.0. The summed E-state index contributed by atoms with van der Waals surface area (Å²) in [5, 5.41) is 9.83. The quantitative estimate of drug-likeness (QED) is 0.847. The molecule has 1 aromatic heterocycles. The van der Waals surface area contributed by atoms with Crippen molar-refractivity contribution >= 4 is 15.9 Å². The van der Waals surface area contributed by atoms with Crippen molar-refractivity contribution in [2.24, 2.45) is 0 Å². The summed E-state index contributed by atoms with van der Waals surface area (Å²) in [6, 6.07) is 1.73. The van der Waals surface area contributed by atoms with Gasteiger partial charge >= 0.3 is 6.03 Å². The number of aromatic nitrogens is 2. The van der Waals surface area contributed by atoms with Crippen LogP contribution in [0.3, 0.4) is 0 Å².